The molecule has 2 unspecified atom stereocenters. The molecule has 0 bridgehead atoms. The molecule has 0 spiro atoms. The van der Waals surface area contributed by atoms with Gasteiger partial charge in [-0.15, -0.1) is 0 Å². The van der Waals surface area contributed by atoms with Crippen LogP contribution in [-0.4, -0.2) is 24.2 Å². The number of halogens is 2. The van der Waals surface area contributed by atoms with E-state index in [1.807, 2.05) is 16.8 Å². The van der Waals surface area contributed by atoms with Gasteiger partial charge in [0.05, 0.1) is 12.0 Å². The SMILES string of the molecule is CC(C(=O)NCC(O)c1ccc(OC(F)F)cc1)c1ccsc1. The quantitative estimate of drug-likeness (QED) is 0.812. The van der Waals surface area contributed by atoms with Crippen LogP contribution in [0.5, 0.6) is 5.75 Å². The van der Waals surface area contributed by atoms with Gasteiger partial charge >= 0.3 is 6.61 Å². The second kappa shape index (κ2) is 8.03. The minimum atomic E-state index is -2.89. The number of amides is 1. The predicted molar refractivity (Wildman–Crippen MR) is 83.8 cm³/mol. The van der Waals surface area contributed by atoms with Gasteiger partial charge in [-0.05, 0) is 47.0 Å². The summed E-state index contributed by atoms with van der Waals surface area (Å²) >= 11 is 1.52. The Bertz CT molecular complexity index is 617. The standard InChI is InChI=1S/C16H17F2NO3S/c1-10(12-6-7-23-9-12)15(21)19-8-14(20)11-2-4-13(5-3-11)22-16(17)18/h2-7,9-10,14,16,20H,8H2,1H3,(H,19,21). The zero-order valence-corrected chi connectivity index (χ0v) is 13.2. The Hall–Kier alpha value is -1.99. The van der Waals surface area contributed by atoms with E-state index < -0.39 is 12.7 Å². The maximum Gasteiger partial charge on any atom is 0.387 e. The molecule has 0 radical (unpaired) electrons. The summed E-state index contributed by atoms with van der Waals surface area (Å²) in [6.07, 6.45) is -0.922. The number of hydrogen-bond acceptors (Lipinski definition) is 4. The van der Waals surface area contributed by atoms with Crippen molar-refractivity contribution in [2.24, 2.45) is 0 Å². The second-order valence-electron chi connectivity index (χ2n) is 4.99. The van der Waals surface area contributed by atoms with Crippen molar-refractivity contribution < 1.29 is 23.4 Å². The molecule has 2 aromatic rings. The van der Waals surface area contributed by atoms with Crippen LogP contribution in [0, 0.1) is 0 Å². The monoisotopic (exact) mass is 341 g/mol. The first-order valence-electron chi connectivity index (χ1n) is 7.00. The smallest absolute Gasteiger partial charge is 0.387 e. The van der Waals surface area contributed by atoms with Gasteiger partial charge in [0.1, 0.15) is 5.75 Å². The van der Waals surface area contributed by atoms with E-state index in [4.69, 9.17) is 0 Å². The molecule has 1 aromatic carbocycles. The Labute approximate surface area is 136 Å². The van der Waals surface area contributed by atoms with Crippen molar-refractivity contribution in [1.29, 1.82) is 0 Å². The van der Waals surface area contributed by atoms with Crippen LogP contribution >= 0.6 is 11.3 Å². The second-order valence-corrected chi connectivity index (χ2v) is 5.77. The first-order valence-corrected chi connectivity index (χ1v) is 7.94. The topological polar surface area (TPSA) is 58.6 Å². The predicted octanol–water partition coefficient (Wildman–Crippen LogP) is 3.30. The number of ether oxygens (including phenoxy) is 1. The van der Waals surface area contributed by atoms with Gasteiger partial charge in [-0.3, -0.25) is 4.79 Å². The molecule has 0 aliphatic rings. The Morgan fingerprint density at radius 2 is 1.96 bits per heavy atom. The summed E-state index contributed by atoms with van der Waals surface area (Å²) < 4.78 is 28.4. The zero-order chi connectivity index (χ0) is 16.8. The molecule has 2 atom stereocenters. The Balaban J connectivity index is 1.86. The normalized spacial score (nSPS) is 13.6. The molecule has 7 heteroatoms. The van der Waals surface area contributed by atoms with Gasteiger partial charge in [-0.2, -0.15) is 20.1 Å². The molecule has 0 aliphatic carbocycles. The largest absolute Gasteiger partial charge is 0.435 e. The van der Waals surface area contributed by atoms with Crippen LogP contribution in [0.4, 0.5) is 8.78 Å². The third kappa shape index (κ3) is 5.01. The lowest BCUT2D eigenvalue weighted by Crippen LogP contribution is -2.31. The highest BCUT2D eigenvalue weighted by molar-refractivity contribution is 7.08. The molecule has 1 amide bonds. The summed E-state index contributed by atoms with van der Waals surface area (Å²) in [6.45, 7) is -1.05. The van der Waals surface area contributed by atoms with Crippen LogP contribution in [0.3, 0.4) is 0 Å². The fraction of sp³-hybridized carbons (Fsp3) is 0.312. The Morgan fingerprint density at radius 3 is 2.52 bits per heavy atom. The van der Waals surface area contributed by atoms with Crippen molar-refractivity contribution in [1.82, 2.24) is 5.32 Å². The number of benzene rings is 1. The van der Waals surface area contributed by atoms with Crippen LogP contribution in [0.25, 0.3) is 0 Å². The lowest BCUT2D eigenvalue weighted by Gasteiger charge is -2.15. The molecular weight excluding hydrogens is 324 g/mol. The lowest BCUT2D eigenvalue weighted by molar-refractivity contribution is -0.122. The Kier molecular flexibility index (Phi) is 6.06. The first kappa shape index (κ1) is 17.4. The van der Waals surface area contributed by atoms with Crippen molar-refractivity contribution >= 4 is 17.2 Å². The highest BCUT2D eigenvalue weighted by atomic mass is 32.1. The molecule has 1 aromatic heterocycles. The van der Waals surface area contributed by atoms with Crippen LogP contribution < -0.4 is 10.1 Å². The van der Waals surface area contributed by atoms with Gasteiger partial charge in [0.2, 0.25) is 5.91 Å². The van der Waals surface area contributed by atoms with E-state index >= 15 is 0 Å². The van der Waals surface area contributed by atoms with Crippen LogP contribution in [0.1, 0.15) is 30.1 Å². The highest BCUT2D eigenvalue weighted by Crippen LogP contribution is 2.20. The van der Waals surface area contributed by atoms with Gasteiger partial charge in [-0.1, -0.05) is 12.1 Å². The molecule has 1 heterocycles. The minimum absolute atomic E-state index is 0.0195. The van der Waals surface area contributed by atoms with Crippen LogP contribution in [0.15, 0.2) is 41.1 Å². The summed E-state index contributed by atoms with van der Waals surface area (Å²) in [6, 6.07) is 7.54. The van der Waals surface area contributed by atoms with Crippen molar-refractivity contribution in [3.05, 3.63) is 52.2 Å². The van der Waals surface area contributed by atoms with Gasteiger partial charge in [0, 0.05) is 6.54 Å². The molecule has 2 N–H and O–H groups in total. The first-order chi connectivity index (χ1) is 11.0. The number of alkyl halides is 2. The molecule has 124 valence electrons. The molecular formula is C16H17F2NO3S. The van der Waals surface area contributed by atoms with Crippen LogP contribution in [-0.2, 0) is 4.79 Å². The molecule has 0 saturated heterocycles. The lowest BCUT2D eigenvalue weighted by atomic mass is 10.0. The van der Waals surface area contributed by atoms with Gasteiger partial charge in [0.25, 0.3) is 0 Å². The number of thiophene rings is 1. The maximum atomic E-state index is 12.1. The van der Waals surface area contributed by atoms with E-state index in [9.17, 15) is 18.7 Å². The number of nitrogens with one attached hydrogen (secondary N) is 1. The number of carbonyl (C=O) groups is 1. The van der Waals surface area contributed by atoms with E-state index in [2.05, 4.69) is 10.1 Å². The average Bonchev–Trinajstić information content (AvgIpc) is 3.06. The zero-order valence-electron chi connectivity index (χ0n) is 12.4. The average molecular weight is 341 g/mol. The van der Waals surface area contributed by atoms with E-state index in [1.54, 1.807) is 6.92 Å². The van der Waals surface area contributed by atoms with E-state index in [0.29, 0.717) is 5.56 Å². The van der Waals surface area contributed by atoms with Crippen LogP contribution in [0.2, 0.25) is 0 Å². The van der Waals surface area contributed by atoms with Gasteiger partial charge in [0.15, 0.2) is 0 Å². The number of carbonyl (C=O) groups excluding carboxylic acids is 1. The minimum Gasteiger partial charge on any atom is -0.435 e. The third-order valence-corrected chi connectivity index (χ3v) is 4.10. The van der Waals surface area contributed by atoms with E-state index in [-0.39, 0.29) is 24.1 Å². The number of aliphatic hydroxyl groups is 1. The fourth-order valence-electron chi connectivity index (χ4n) is 2.01. The maximum absolute atomic E-state index is 12.1. The molecule has 0 aliphatic heterocycles. The summed E-state index contributed by atoms with van der Waals surface area (Å²) in [7, 11) is 0. The molecule has 0 fully saturated rings. The Morgan fingerprint density at radius 1 is 1.26 bits per heavy atom. The van der Waals surface area contributed by atoms with Gasteiger partial charge < -0.3 is 15.2 Å². The van der Waals surface area contributed by atoms with Crippen molar-refractivity contribution in [2.75, 3.05) is 6.54 Å². The third-order valence-electron chi connectivity index (χ3n) is 3.40. The molecule has 23 heavy (non-hydrogen) atoms. The summed E-state index contributed by atoms with van der Waals surface area (Å²) in [5, 5.41) is 16.5. The van der Waals surface area contributed by atoms with Crippen molar-refractivity contribution in [3.63, 3.8) is 0 Å². The summed E-state index contributed by atoms with van der Waals surface area (Å²) in [4.78, 5) is 12.0. The van der Waals surface area contributed by atoms with Gasteiger partial charge in [-0.25, -0.2) is 0 Å². The van der Waals surface area contributed by atoms with E-state index in [1.165, 1.54) is 35.6 Å². The molecule has 2 rings (SSSR count). The van der Waals surface area contributed by atoms with Crippen molar-refractivity contribution in [2.45, 2.75) is 25.6 Å². The molecule has 0 saturated carbocycles. The molecule has 4 nitrogen and oxygen atoms in total. The van der Waals surface area contributed by atoms with Crippen molar-refractivity contribution in [3.8, 4) is 5.75 Å². The summed E-state index contributed by atoms with van der Waals surface area (Å²) in [5.74, 6) is -0.457. The number of aliphatic hydroxyl groups excluding tert-OH is 1. The van der Waals surface area contributed by atoms with E-state index in [0.717, 1.165) is 5.56 Å². The number of hydrogen-bond donors (Lipinski definition) is 2. The number of rotatable bonds is 7. The fourth-order valence-corrected chi connectivity index (χ4v) is 2.77. The summed E-state index contributed by atoms with van der Waals surface area (Å²) in [5.41, 5.74) is 1.44. The highest BCUT2D eigenvalue weighted by Gasteiger charge is 2.17.